The quantitative estimate of drug-likeness (QED) is 0.840. The lowest BCUT2D eigenvalue weighted by atomic mass is 9.85. The van der Waals surface area contributed by atoms with Crippen molar-refractivity contribution in [3.63, 3.8) is 0 Å². The van der Waals surface area contributed by atoms with Gasteiger partial charge in [0.15, 0.2) is 0 Å². The molecule has 0 radical (unpaired) electrons. The summed E-state index contributed by atoms with van der Waals surface area (Å²) in [5.74, 6) is 1.64. The van der Waals surface area contributed by atoms with E-state index in [1.807, 2.05) is 25.2 Å². The first-order valence-corrected chi connectivity index (χ1v) is 7.33. The number of ether oxygens (including phenoxy) is 2. The van der Waals surface area contributed by atoms with E-state index < -0.39 is 5.60 Å². The maximum atomic E-state index is 10.5. The lowest BCUT2D eigenvalue weighted by molar-refractivity contribution is -0.0341. The number of rotatable bonds is 6. The summed E-state index contributed by atoms with van der Waals surface area (Å²) in [6.45, 7) is 1.08. The van der Waals surface area contributed by atoms with Crippen LogP contribution in [0.5, 0.6) is 11.5 Å². The van der Waals surface area contributed by atoms with Crippen molar-refractivity contribution >= 4 is 0 Å². The van der Waals surface area contributed by atoms with E-state index in [9.17, 15) is 5.11 Å². The third kappa shape index (κ3) is 3.87. The van der Waals surface area contributed by atoms with Gasteiger partial charge >= 0.3 is 0 Å². The van der Waals surface area contributed by atoms with Gasteiger partial charge in [-0.2, -0.15) is 0 Å². The van der Waals surface area contributed by atoms with Crippen LogP contribution in [0.4, 0.5) is 0 Å². The standard InChI is InChI=1S/C16H25NO3/c1-17-11-13-10-14(19-2)6-7-15(13)20-12-16(18)8-4-3-5-9-16/h6-7,10,17-18H,3-5,8-9,11-12H2,1-2H3. The van der Waals surface area contributed by atoms with Crippen molar-refractivity contribution in [3.05, 3.63) is 23.8 Å². The molecular formula is C16H25NO3. The van der Waals surface area contributed by atoms with Crippen molar-refractivity contribution in [1.29, 1.82) is 0 Å². The van der Waals surface area contributed by atoms with Gasteiger partial charge in [-0.05, 0) is 38.1 Å². The molecule has 1 aliphatic carbocycles. The fourth-order valence-electron chi connectivity index (χ4n) is 2.72. The summed E-state index contributed by atoms with van der Waals surface area (Å²) in [6, 6.07) is 5.77. The highest BCUT2D eigenvalue weighted by Crippen LogP contribution is 2.30. The minimum absolute atomic E-state index is 0.371. The molecule has 0 heterocycles. The molecule has 0 saturated heterocycles. The molecule has 0 unspecified atom stereocenters. The van der Waals surface area contributed by atoms with Gasteiger partial charge in [-0.15, -0.1) is 0 Å². The molecule has 0 atom stereocenters. The highest BCUT2D eigenvalue weighted by molar-refractivity contribution is 5.40. The number of benzene rings is 1. The zero-order valence-corrected chi connectivity index (χ0v) is 12.4. The predicted molar refractivity (Wildman–Crippen MR) is 79.3 cm³/mol. The Morgan fingerprint density at radius 2 is 2.00 bits per heavy atom. The summed E-state index contributed by atoms with van der Waals surface area (Å²) >= 11 is 0. The Morgan fingerprint density at radius 3 is 2.65 bits per heavy atom. The van der Waals surface area contributed by atoms with Gasteiger partial charge in [0.25, 0.3) is 0 Å². The minimum atomic E-state index is -0.658. The molecule has 0 aliphatic heterocycles. The maximum absolute atomic E-state index is 10.5. The average Bonchev–Trinajstić information content (AvgIpc) is 2.47. The zero-order valence-electron chi connectivity index (χ0n) is 12.4. The first kappa shape index (κ1) is 15.1. The number of methoxy groups -OCH3 is 1. The second-order valence-corrected chi connectivity index (χ2v) is 5.58. The number of hydrogen-bond donors (Lipinski definition) is 2. The van der Waals surface area contributed by atoms with Gasteiger partial charge in [-0.25, -0.2) is 0 Å². The van der Waals surface area contributed by atoms with Gasteiger partial charge in [0.05, 0.1) is 12.7 Å². The molecule has 2 rings (SSSR count). The van der Waals surface area contributed by atoms with E-state index in [0.29, 0.717) is 13.2 Å². The third-order valence-electron chi connectivity index (χ3n) is 3.92. The summed E-state index contributed by atoms with van der Waals surface area (Å²) in [5, 5.41) is 13.6. The molecule has 2 N–H and O–H groups in total. The lowest BCUT2D eigenvalue weighted by Crippen LogP contribution is -2.38. The Labute approximate surface area is 121 Å². The average molecular weight is 279 g/mol. The van der Waals surface area contributed by atoms with Crippen LogP contribution in [-0.4, -0.2) is 31.5 Å². The van der Waals surface area contributed by atoms with Crippen molar-refractivity contribution in [3.8, 4) is 11.5 Å². The normalized spacial score (nSPS) is 17.8. The van der Waals surface area contributed by atoms with Gasteiger partial charge in [0, 0.05) is 12.1 Å². The minimum Gasteiger partial charge on any atom is -0.497 e. The molecule has 0 aromatic heterocycles. The molecule has 1 aromatic rings. The van der Waals surface area contributed by atoms with E-state index in [1.54, 1.807) is 7.11 Å². The Bertz CT molecular complexity index is 428. The molecule has 20 heavy (non-hydrogen) atoms. The first-order chi connectivity index (χ1) is 9.67. The molecule has 0 amide bonds. The second-order valence-electron chi connectivity index (χ2n) is 5.58. The summed E-state index contributed by atoms with van der Waals surface area (Å²) < 4.78 is 11.1. The Morgan fingerprint density at radius 1 is 1.25 bits per heavy atom. The Hall–Kier alpha value is -1.26. The number of nitrogens with one attached hydrogen (secondary N) is 1. The number of aliphatic hydroxyl groups is 1. The van der Waals surface area contributed by atoms with Gasteiger partial charge in [-0.1, -0.05) is 19.3 Å². The smallest absolute Gasteiger partial charge is 0.124 e. The summed E-state index contributed by atoms with van der Waals surface area (Å²) in [5.41, 5.74) is 0.390. The van der Waals surface area contributed by atoms with Crippen LogP contribution in [0.2, 0.25) is 0 Å². The van der Waals surface area contributed by atoms with Crippen LogP contribution >= 0.6 is 0 Å². The maximum Gasteiger partial charge on any atom is 0.124 e. The van der Waals surface area contributed by atoms with Crippen LogP contribution in [0.3, 0.4) is 0 Å². The molecule has 1 saturated carbocycles. The van der Waals surface area contributed by atoms with Gasteiger partial charge in [0.2, 0.25) is 0 Å². The lowest BCUT2D eigenvalue weighted by Gasteiger charge is -2.32. The van der Waals surface area contributed by atoms with E-state index in [4.69, 9.17) is 9.47 Å². The second kappa shape index (κ2) is 6.95. The molecule has 1 aliphatic rings. The van der Waals surface area contributed by atoms with Crippen molar-refractivity contribution in [2.24, 2.45) is 0 Å². The molecule has 4 heteroatoms. The van der Waals surface area contributed by atoms with E-state index in [2.05, 4.69) is 5.32 Å². The van der Waals surface area contributed by atoms with Crippen LogP contribution in [0.25, 0.3) is 0 Å². The molecule has 1 aromatic carbocycles. The summed E-state index contributed by atoms with van der Waals surface area (Å²) in [4.78, 5) is 0. The van der Waals surface area contributed by atoms with Crippen LogP contribution in [0, 0.1) is 0 Å². The zero-order chi connectivity index (χ0) is 14.4. The van der Waals surface area contributed by atoms with E-state index in [1.165, 1.54) is 6.42 Å². The fraction of sp³-hybridized carbons (Fsp3) is 0.625. The summed E-state index contributed by atoms with van der Waals surface area (Å²) in [6.07, 6.45) is 5.07. The van der Waals surface area contributed by atoms with Crippen LogP contribution in [0.1, 0.15) is 37.7 Å². The van der Waals surface area contributed by atoms with Crippen LogP contribution in [-0.2, 0) is 6.54 Å². The van der Waals surface area contributed by atoms with Crippen molar-refractivity contribution in [2.75, 3.05) is 20.8 Å². The Balaban J connectivity index is 2.04. The van der Waals surface area contributed by atoms with Crippen molar-refractivity contribution in [2.45, 2.75) is 44.2 Å². The van der Waals surface area contributed by atoms with Crippen LogP contribution < -0.4 is 14.8 Å². The molecule has 1 fully saturated rings. The Kier molecular flexibility index (Phi) is 5.26. The molecular weight excluding hydrogens is 254 g/mol. The third-order valence-corrected chi connectivity index (χ3v) is 3.92. The predicted octanol–water partition coefficient (Wildman–Crippen LogP) is 2.49. The van der Waals surface area contributed by atoms with Crippen molar-refractivity contribution in [1.82, 2.24) is 5.32 Å². The SMILES string of the molecule is CNCc1cc(OC)ccc1OCC1(O)CCCCC1. The largest absolute Gasteiger partial charge is 0.497 e. The van der Waals surface area contributed by atoms with E-state index in [0.717, 1.165) is 42.7 Å². The van der Waals surface area contributed by atoms with E-state index in [-0.39, 0.29) is 0 Å². The van der Waals surface area contributed by atoms with Gasteiger partial charge < -0.3 is 19.9 Å². The molecule has 112 valence electrons. The van der Waals surface area contributed by atoms with Crippen molar-refractivity contribution < 1.29 is 14.6 Å². The van der Waals surface area contributed by atoms with Gasteiger partial charge in [-0.3, -0.25) is 0 Å². The molecule has 0 spiro atoms. The number of hydrogen-bond acceptors (Lipinski definition) is 4. The fourth-order valence-corrected chi connectivity index (χ4v) is 2.72. The first-order valence-electron chi connectivity index (χ1n) is 7.33. The molecule has 0 bridgehead atoms. The van der Waals surface area contributed by atoms with Gasteiger partial charge in [0.1, 0.15) is 18.1 Å². The topological polar surface area (TPSA) is 50.7 Å². The highest BCUT2D eigenvalue weighted by Gasteiger charge is 2.30. The molecule has 4 nitrogen and oxygen atoms in total. The monoisotopic (exact) mass is 279 g/mol. The van der Waals surface area contributed by atoms with Crippen LogP contribution in [0.15, 0.2) is 18.2 Å². The van der Waals surface area contributed by atoms with E-state index >= 15 is 0 Å². The highest BCUT2D eigenvalue weighted by atomic mass is 16.5. The summed E-state index contributed by atoms with van der Waals surface area (Å²) in [7, 11) is 3.56.